The summed E-state index contributed by atoms with van der Waals surface area (Å²) in [5.41, 5.74) is 1.43. The maximum absolute atomic E-state index is 15.2. The molecular weight excluding hydrogens is 707 g/mol. The third kappa shape index (κ3) is 7.29. The maximum Gasteiger partial charge on any atom is 0.435 e. The van der Waals surface area contributed by atoms with Gasteiger partial charge in [-0.1, -0.05) is 23.6 Å². The smallest absolute Gasteiger partial charge is 0.378 e. The molecule has 1 unspecified atom stereocenters. The predicted molar refractivity (Wildman–Crippen MR) is 169 cm³/mol. The second kappa shape index (κ2) is 12.7. The van der Waals surface area contributed by atoms with E-state index in [9.17, 15) is 36.6 Å². The zero-order valence-electron chi connectivity index (χ0n) is 26.7. The summed E-state index contributed by atoms with van der Waals surface area (Å²) < 4.78 is 101. The van der Waals surface area contributed by atoms with Crippen molar-refractivity contribution < 1.29 is 45.4 Å². The maximum atomic E-state index is 15.2. The molecule has 3 atom stereocenters. The number of nitrogens with one attached hydrogen (secondary N) is 1. The SMILES string of the molecule is CC(C)(O)C#Cc1ccc(-c2ccc(Cl)c(C(N)=O)c2)c(C(Cc2cc(F)cc(F)c2)NC(=O)Cn2nc(C(F)(F)F)c3c2C(F)(F)[C@@H]2C[C@H]32)n1. The fraction of sp³-hybridized carbons (Fsp3) is 0.314. The highest BCUT2D eigenvalue weighted by Gasteiger charge is 2.68. The van der Waals surface area contributed by atoms with Gasteiger partial charge in [0.15, 0.2) is 5.69 Å². The summed E-state index contributed by atoms with van der Waals surface area (Å²) >= 11 is 6.16. The van der Waals surface area contributed by atoms with Crippen LogP contribution in [0.4, 0.5) is 30.7 Å². The van der Waals surface area contributed by atoms with Crippen molar-refractivity contribution in [3.63, 3.8) is 0 Å². The molecule has 4 aromatic rings. The monoisotopic (exact) mass is 733 g/mol. The van der Waals surface area contributed by atoms with Crippen LogP contribution in [0.5, 0.6) is 0 Å². The normalized spacial score (nSPS) is 17.9. The number of hydrogen-bond acceptors (Lipinski definition) is 5. The Balaban J connectivity index is 1.46. The first-order valence-electron chi connectivity index (χ1n) is 15.4. The van der Waals surface area contributed by atoms with Crippen LogP contribution >= 0.6 is 11.6 Å². The van der Waals surface area contributed by atoms with E-state index in [1.165, 1.54) is 44.2 Å². The van der Waals surface area contributed by atoms with Gasteiger partial charge in [-0.05, 0) is 86.1 Å². The minimum absolute atomic E-state index is 0.0124. The molecule has 2 aromatic heterocycles. The molecule has 0 radical (unpaired) electrons. The van der Waals surface area contributed by atoms with Gasteiger partial charge in [0, 0.05) is 23.1 Å². The Hall–Kier alpha value is -4.94. The summed E-state index contributed by atoms with van der Waals surface area (Å²) in [7, 11) is 0. The number of alkyl halides is 5. The number of hydrogen-bond donors (Lipinski definition) is 3. The van der Waals surface area contributed by atoms with Crippen molar-refractivity contribution in [3.8, 4) is 23.0 Å². The number of primary amides is 1. The second-order valence-corrected chi connectivity index (χ2v) is 13.3. The Morgan fingerprint density at radius 1 is 1.12 bits per heavy atom. The van der Waals surface area contributed by atoms with Crippen molar-refractivity contribution in [1.82, 2.24) is 20.1 Å². The number of halogens is 8. The highest BCUT2D eigenvalue weighted by atomic mass is 35.5. The Morgan fingerprint density at radius 3 is 2.43 bits per heavy atom. The third-order valence-corrected chi connectivity index (χ3v) is 8.81. The first-order valence-corrected chi connectivity index (χ1v) is 15.8. The lowest BCUT2D eigenvalue weighted by Gasteiger charge is -2.23. The molecule has 8 nitrogen and oxygen atoms in total. The highest BCUT2D eigenvalue weighted by Crippen LogP contribution is 2.68. The van der Waals surface area contributed by atoms with E-state index in [1.807, 2.05) is 0 Å². The zero-order chi connectivity index (χ0) is 37.2. The summed E-state index contributed by atoms with van der Waals surface area (Å²) in [4.78, 5) is 30.3. The number of nitrogens with zero attached hydrogens (tertiary/aromatic N) is 3. The van der Waals surface area contributed by atoms with Gasteiger partial charge in [0.25, 0.3) is 5.92 Å². The third-order valence-electron chi connectivity index (χ3n) is 8.49. The molecule has 2 aromatic carbocycles. The van der Waals surface area contributed by atoms with Gasteiger partial charge in [0.2, 0.25) is 11.8 Å². The van der Waals surface area contributed by atoms with Crippen LogP contribution in [0.25, 0.3) is 11.1 Å². The summed E-state index contributed by atoms with van der Waals surface area (Å²) in [5, 5.41) is 16.2. The van der Waals surface area contributed by atoms with Gasteiger partial charge in [-0.15, -0.1) is 0 Å². The molecule has 0 saturated heterocycles. The molecule has 1 saturated carbocycles. The van der Waals surface area contributed by atoms with Crippen LogP contribution < -0.4 is 11.1 Å². The molecule has 0 spiro atoms. The first kappa shape index (κ1) is 35.9. The molecule has 266 valence electrons. The van der Waals surface area contributed by atoms with Gasteiger partial charge in [-0.25, -0.2) is 13.8 Å². The summed E-state index contributed by atoms with van der Waals surface area (Å²) in [5.74, 6) is -4.61. The number of aliphatic hydroxyl groups is 1. The molecule has 6 rings (SSSR count). The van der Waals surface area contributed by atoms with Crippen LogP contribution in [-0.2, 0) is 29.9 Å². The fourth-order valence-electron chi connectivity index (χ4n) is 6.30. The quantitative estimate of drug-likeness (QED) is 0.142. The lowest BCUT2D eigenvalue weighted by molar-refractivity contribution is -0.142. The number of benzene rings is 2. The van der Waals surface area contributed by atoms with Gasteiger partial charge in [0.05, 0.1) is 22.3 Å². The molecular formula is C35H27ClF7N5O3. The summed E-state index contributed by atoms with van der Waals surface area (Å²) in [6.07, 6.45) is -5.57. The number of pyridine rings is 1. The minimum atomic E-state index is -5.06. The van der Waals surface area contributed by atoms with E-state index in [2.05, 4.69) is 27.2 Å². The van der Waals surface area contributed by atoms with Gasteiger partial charge in [0.1, 0.15) is 35.2 Å². The van der Waals surface area contributed by atoms with E-state index in [0.29, 0.717) is 16.3 Å². The molecule has 0 aliphatic heterocycles. The molecule has 2 aliphatic rings. The van der Waals surface area contributed by atoms with Crippen molar-refractivity contribution in [2.75, 3.05) is 0 Å². The lowest BCUT2D eigenvalue weighted by Crippen LogP contribution is -2.35. The standard InChI is InChI=1S/C35H27ClF7N5O3/c1-33(2,51)8-7-20-4-5-21(17-3-6-25(36)23(12-17)32(44)50)29(45-20)26(11-16-9-18(37)13-19(38)10-16)46-27(49)15-48-31-28(30(47-48)35(41,42)43)22-14-24(22)34(31,39)40/h3-6,9-10,12-13,22,24,26,51H,11,14-15H2,1-2H3,(H2,44,50)(H,46,49)/t22-,24+,26?/m0/s1. The van der Waals surface area contributed by atoms with Crippen LogP contribution in [-0.4, -0.2) is 37.3 Å². The Labute approximate surface area is 290 Å². The lowest BCUT2D eigenvalue weighted by atomic mass is 9.94. The van der Waals surface area contributed by atoms with Crippen LogP contribution in [0, 0.1) is 29.4 Å². The summed E-state index contributed by atoms with van der Waals surface area (Å²) in [6, 6.07) is 8.41. The fourth-order valence-corrected chi connectivity index (χ4v) is 6.51. The number of carbonyl (C=O) groups excluding carboxylic acids is 2. The Kier molecular flexibility index (Phi) is 8.92. The molecule has 51 heavy (non-hydrogen) atoms. The first-order chi connectivity index (χ1) is 23.7. The Bertz CT molecular complexity index is 2130. The van der Waals surface area contributed by atoms with Crippen molar-refractivity contribution in [2.24, 2.45) is 11.7 Å². The Morgan fingerprint density at radius 2 is 1.80 bits per heavy atom. The molecule has 4 N–H and O–H groups in total. The van der Waals surface area contributed by atoms with Gasteiger partial charge < -0.3 is 16.2 Å². The van der Waals surface area contributed by atoms with Crippen LogP contribution in [0.1, 0.15) is 76.5 Å². The van der Waals surface area contributed by atoms with Crippen molar-refractivity contribution in [2.45, 2.75) is 62.9 Å². The molecule has 16 heteroatoms. The average Bonchev–Trinajstić information content (AvgIpc) is 3.67. The summed E-state index contributed by atoms with van der Waals surface area (Å²) in [6.45, 7) is 1.76. The van der Waals surface area contributed by atoms with Crippen LogP contribution in [0.15, 0.2) is 48.5 Å². The highest BCUT2D eigenvalue weighted by molar-refractivity contribution is 6.33. The number of carbonyl (C=O) groups is 2. The van der Waals surface area contributed by atoms with Crippen molar-refractivity contribution in [3.05, 3.63) is 105 Å². The zero-order valence-corrected chi connectivity index (χ0v) is 27.4. The van der Waals surface area contributed by atoms with E-state index in [0.717, 1.165) is 12.1 Å². The van der Waals surface area contributed by atoms with E-state index < -0.39 is 82.5 Å². The molecule has 0 bridgehead atoms. The topological polar surface area (TPSA) is 123 Å². The van der Waals surface area contributed by atoms with Gasteiger partial charge in [-0.2, -0.15) is 27.1 Å². The number of rotatable bonds is 8. The van der Waals surface area contributed by atoms with Gasteiger partial charge in [-0.3, -0.25) is 14.3 Å². The molecule has 1 fully saturated rings. The van der Waals surface area contributed by atoms with Crippen LogP contribution in [0.2, 0.25) is 5.02 Å². The number of amides is 2. The van der Waals surface area contributed by atoms with Gasteiger partial charge >= 0.3 is 6.18 Å². The van der Waals surface area contributed by atoms with E-state index in [4.69, 9.17) is 17.3 Å². The molecule has 2 aliphatic carbocycles. The second-order valence-electron chi connectivity index (χ2n) is 12.9. The van der Waals surface area contributed by atoms with Crippen LogP contribution in [0.3, 0.4) is 0 Å². The number of aromatic nitrogens is 3. The number of fused-ring (bicyclic) bond motifs is 3. The number of nitrogens with two attached hydrogens (primary N) is 1. The van der Waals surface area contributed by atoms with Crippen molar-refractivity contribution >= 4 is 23.4 Å². The van der Waals surface area contributed by atoms with E-state index in [1.54, 1.807) is 0 Å². The minimum Gasteiger partial charge on any atom is -0.378 e. The van der Waals surface area contributed by atoms with E-state index in [-0.39, 0.29) is 45.9 Å². The average molecular weight is 734 g/mol. The van der Waals surface area contributed by atoms with Crippen molar-refractivity contribution in [1.29, 1.82) is 0 Å². The van der Waals surface area contributed by atoms with E-state index >= 15 is 8.78 Å². The molecule has 2 heterocycles. The largest absolute Gasteiger partial charge is 0.435 e. The predicted octanol–water partition coefficient (Wildman–Crippen LogP) is 6.43. The molecule has 2 amide bonds.